The fourth-order valence-corrected chi connectivity index (χ4v) is 1.93. The Morgan fingerprint density at radius 1 is 1.53 bits per heavy atom. The third kappa shape index (κ3) is 4.54. The van der Waals surface area contributed by atoms with Gasteiger partial charge in [0.25, 0.3) is 0 Å². The average Bonchev–Trinajstić information content (AvgIpc) is 2.74. The van der Waals surface area contributed by atoms with Gasteiger partial charge in [-0.15, -0.1) is 11.3 Å². The number of carboxylic acid groups (broad SMARTS) is 1. The van der Waals surface area contributed by atoms with Crippen LogP contribution in [0, 0.1) is 0 Å². The summed E-state index contributed by atoms with van der Waals surface area (Å²) >= 11 is 1.05. The van der Waals surface area contributed by atoms with Crippen molar-refractivity contribution in [3.8, 4) is 0 Å². The maximum absolute atomic E-state index is 11.5. The van der Waals surface area contributed by atoms with E-state index in [4.69, 9.17) is 9.84 Å². The van der Waals surface area contributed by atoms with Crippen molar-refractivity contribution in [3.05, 3.63) is 17.0 Å². The molecule has 0 spiro atoms. The summed E-state index contributed by atoms with van der Waals surface area (Å²) in [5.74, 6) is -1.11. The van der Waals surface area contributed by atoms with Crippen LogP contribution in [0.5, 0.6) is 0 Å². The molecule has 1 amide bonds. The van der Waals surface area contributed by atoms with Crippen molar-refractivity contribution in [2.75, 3.05) is 12.4 Å². The summed E-state index contributed by atoms with van der Waals surface area (Å²) < 4.78 is 5.03. The van der Waals surface area contributed by atoms with Gasteiger partial charge in [0.15, 0.2) is 0 Å². The molecule has 0 aromatic carbocycles. The zero-order valence-corrected chi connectivity index (χ0v) is 10.5. The van der Waals surface area contributed by atoms with Crippen LogP contribution in [0.15, 0.2) is 12.1 Å². The van der Waals surface area contributed by atoms with Crippen molar-refractivity contribution in [1.82, 2.24) is 0 Å². The van der Waals surface area contributed by atoms with Gasteiger partial charge in [-0.3, -0.25) is 4.79 Å². The molecule has 1 heterocycles. The maximum atomic E-state index is 11.5. The van der Waals surface area contributed by atoms with Crippen molar-refractivity contribution < 1.29 is 19.4 Å². The Bertz CT molecular complexity index is 402. The molecule has 0 radical (unpaired) electrons. The summed E-state index contributed by atoms with van der Waals surface area (Å²) in [5.41, 5.74) is 0. The highest BCUT2D eigenvalue weighted by Gasteiger charge is 2.10. The summed E-state index contributed by atoms with van der Waals surface area (Å²) in [6.45, 7) is 1.89. The highest BCUT2D eigenvalue weighted by molar-refractivity contribution is 7.18. The molecule has 0 saturated heterocycles. The maximum Gasteiger partial charge on any atom is 0.345 e. The van der Waals surface area contributed by atoms with Crippen LogP contribution in [0.1, 0.15) is 29.4 Å². The number of nitrogens with one attached hydrogen (secondary N) is 1. The largest absolute Gasteiger partial charge is 0.477 e. The molecule has 1 rings (SSSR count). The molecule has 1 aromatic rings. The molecule has 6 heteroatoms. The first kappa shape index (κ1) is 13.7. The lowest BCUT2D eigenvalue weighted by molar-refractivity contribution is -0.116. The number of hydrogen-bond donors (Lipinski definition) is 2. The third-order valence-corrected chi connectivity index (χ3v) is 3.25. The summed E-state index contributed by atoms with van der Waals surface area (Å²) in [4.78, 5) is 22.4. The predicted molar refractivity (Wildman–Crippen MR) is 65.6 cm³/mol. The Hall–Kier alpha value is -1.40. The molecule has 17 heavy (non-hydrogen) atoms. The Balaban J connectivity index is 2.42. The number of aromatic carboxylic acids is 1. The van der Waals surface area contributed by atoms with Crippen LogP contribution in [-0.2, 0) is 9.53 Å². The number of ether oxygens (including phenoxy) is 1. The number of amides is 1. The number of methoxy groups -OCH3 is 1. The van der Waals surface area contributed by atoms with Crippen LogP contribution < -0.4 is 5.32 Å². The standard InChI is InChI=1S/C11H15NO4S/c1-7(16-2)3-5-9(13)12-10-6-4-8(17-10)11(14)15/h4,6-7H,3,5H2,1-2H3,(H,12,13)(H,14,15). The molecule has 1 atom stereocenters. The van der Waals surface area contributed by atoms with E-state index in [0.717, 1.165) is 11.3 Å². The van der Waals surface area contributed by atoms with Gasteiger partial charge < -0.3 is 15.2 Å². The van der Waals surface area contributed by atoms with Crippen LogP contribution in [0.2, 0.25) is 0 Å². The SMILES string of the molecule is COC(C)CCC(=O)Nc1ccc(C(=O)O)s1. The van der Waals surface area contributed by atoms with E-state index in [0.29, 0.717) is 17.8 Å². The van der Waals surface area contributed by atoms with Gasteiger partial charge in [-0.25, -0.2) is 4.79 Å². The zero-order valence-electron chi connectivity index (χ0n) is 9.73. The normalized spacial score (nSPS) is 12.1. The van der Waals surface area contributed by atoms with Crippen molar-refractivity contribution in [2.45, 2.75) is 25.9 Å². The predicted octanol–water partition coefficient (Wildman–Crippen LogP) is 2.20. The molecule has 0 aliphatic rings. The summed E-state index contributed by atoms with van der Waals surface area (Å²) in [6.07, 6.45) is 1.04. The molecule has 5 nitrogen and oxygen atoms in total. The van der Waals surface area contributed by atoms with E-state index in [9.17, 15) is 9.59 Å². The Morgan fingerprint density at radius 3 is 2.76 bits per heavy atom. The number of thiophene rings is 1. The lowest BCUT2D eigenvalue weighted by atomic mass is 10.2. The fraction of sp³-hybridized carbons (Fsp3) is 0.455. The quantitative estimate of drug-likeness (QED) is 0.819. The first-order chi connectivity index (χ1) is 8.02. The molecular formula is C11H15NO4S. The van der Waals surface area contributed by atoms with Crippen LogP contribution in [0.3, 0.4) is 0 Å². The second-order valence-corrected chi connectivity index (χ2v) is 4.69. The number of carboxylic acids is 1. The van der Waals surface area contributed by atoms with E-state index >= 15 is 0 Å². The van der Waals surface area contributed by atoms with Crippen molar-refractivity contribution in [1.29, 1.82) is 0 Å². The van der Waals surface area contributed by atoms with E-state index in [1.54, 1.807) is 13.2 Å². The molecule has 0 bridgehead atoms. The second-order valence-electron chi connectivity index (χ2n) is 3.60. The van der Waals surface area contributed by atoms with E-state index in [1.807, 2.05) is 6.92 Å². The molecule has 1 aromatic heterocycles. The van der Waals surface area contributed by atoms with Gasteiger partial charge in [-0.2, -0.15) is 0 Å². The van der Waals surface area contributed by atoms with E-state index in [-0.39, 0.29) is 16.9 Å². The number of anilines is 1. The smallest absolute Gasteiger partial charge is 0.345 e. The van der Waals surface area contributed by atoms with Crippen LogP contribution >= 0.6 is 11.3 Å². The van der Waals surface area contributed by atoms with Gasteiger partial charge in [0.05, 0.1) is 11.1 Å². The molecular weight excluding hydrogens is 242 g/mol. The third-order valence-electron chi connectivity index (χ3n) is 2.26. The first-order valence-corrected chi connectivity index (χ1v) is 6.00. The minimum Gasteiger partial charge on any atom is -0.477 e. The molecule has 0 aliphatic heterocycles. The van der Waals surface area contributed by atoms with Crippen LogP contribution in [0.4, 0.5) is 5.00 Å². The average molecular weight is 257 g/mol. The molecule has 2 N–H and O–H groups in total. The number of carbonyl (C=O) groups is 2. The lowest BCUT2D eigenvalue weighted by Gasteiger charge is -2.08. The summed E-state index contributed by atoms with van der Waals surface area (Å²) in [5, 5.41) is 11.9. The van der Waals surface area contributed by atoms with Crippen molar-refractivity contribution in [3.63, 3.8) is 0 Å². The second kappa shape index (κ2) is 6.36. The van der Waals surface area contributed by atoms with Gasteiger partial charge in [-0.05, 0) is 25.5 Å². The molecule has 0 aliphatic carbocycles. The Labute approximate surface area is 103 Å². The minimum absolute atomic E-state index is 0.0404. The topological polar surface area (TPSA) is 75.6 Å². The van der Waals surface area contributed by atoms with E-state index in [2.05, 4.69) is 5.32 Å². The zero-order chi connectivity index (χ0) is 12.8. The van der Waals surface area contributed by atoms with E-state index in [1.165, 1.54) is 6.07 Å². The van der Waals surface area contributed by atoms with Gasteiger partial charge in [-0.1, -0.05) is 0 Å². The monoisotopic (exact) mass is 257 g/mol. The van der Waals surface area contributed by atoms with Crippen LogP contribution in [0.25, 0.3) is 0 Å². The van der Waals surface area contributed by atoms with E-state index < -0.39 is 5.97 Å². The minimum atomic E-state index is -0.983. The molecule has 0 fully saturated rings. The summed E-state index contributed by atoms with van der Waals surface area (Å²) in [6, 6.07) is 3.06. The highest BCUT2D eigenvalue weighted by atomic mass is 32.1. The van der Waals surface area contributed by atoms with Crippen LogP contribution in [-0.4, -0.2) is 30.2 Å². The fourth-order valence-electron chi connectivity index (χ4n) is 1.17. The van der Waals surface area contributed by atoms with Gasteiger partial charge >= 0.3 is 5.97 Å². The Morgan fingerprint density at radius 2 is 2.24 bits per heavy atom. The molecule has 94 valence electrons. The number of hydrogen-bond acceptors (Lipinski definition) is 4. The van der Waals surface area contributed by atoms with Crippen molar-refractivity contribution >= 4 is 28.2 Å². The molecule has 0 saturated carbocycles. The highest BCUT2D eigenvalue weighted by Crippen LogP contribution is 2.22. The molecule has 1 unspecified atom stereocenters. The van der Waals surface area contributed by atoms with Gasteiger partial charge in [0, 0.05) is 13.5 Å². The summed E-state index contributed by atoms with van der Waals surface area (Å²) in [7, 11) is 1.60. The Kier molecular flexibility index (Phi) is 5.11. The lowest BCUT2D eigenvalue weighted by Crippen LogP contribution is -2.14. The van der Waals surface area contributed by atoms with Gasteiger partial charge in [0.2, 0.25) is 5.91 Å². The first-order valence-electron chi connectivity index (χ1n) is 5.18. The number of rotatable bonds is 6. The van der Waals surface area contributed by atoms with Gasteiger partial charge in [0.1, 0.15) is 4.88 Å². The number of carbonyl (C=O) groups excluding carboxylic acids is 1. The van der Waals surface area contributed by atoms with Crippen molar-refractivity contribution in [2.24, 2.45) is 0 Å².